The number of carbonyl (C=O) groups is 1. The normalized spacial score (nSPS) is 14.7. The molecule has 0 aromatic carbocycles. The van der Waals surface area contributed by atoms with Crippen LogP contribution in [0.2, 0.25) is 0 Å². The van der Waals surface area contributed by atoms with E-state index in [0.717, 1.165) is 30.2 Å². The molecule has 2 aromatic heterocycles. The molecular weight excluding hydrogens is 326 g/mol. The van der Waals surface area contributed by atoms with Crippen LogP contribution < -0.4 is 10.0 Å². The minimum atomic E-state index is -1.16. The molecule has 2 aromatic rings. The van der Waals surface area contributed by atoms with E-state index in [1.165, 1.54) is 6.92 Å². The van der Waals surface area contributed by atoms with Crippen molar-refractivity contribution in [2.24, 2.45) is 0 Å². The van der Waals surface area contributed by atoms with Gasteiger partial charge in [-0.05, 0) is 36.6 Å². The van der Waals surface area contributed by atoms with Gasteiger partial charge in [0.2, 0.25) is 5.91 Å². The van der Waals surface area contributed by atoms with Gasteiger partial charge >= 0.3 is 0 Å². The van der Waals surface area contributed by atoms with E-state index >= 15 is 0 Å². The molecule has 1 amide bonds. The number of hydrogen-bond donors (Lipinski definition) is 3. The second-order valence-electron chi connectivity index (χ2n) is 5.51. The monoisotopic (exact) mass is 343 g/mol. The van der Waals surface area contributed by atoms with Crippen molar-refractivity contribution in [2.45, 2.75) is 25.0 Å². The Labute approximate surface area is 142 Å². The third-order valence-corrected chi connectivity index (χ3v) is 4.99. The molecule has 0 spiro atoms. The van der Waals surface area contributed by atoms with Gasteiger partial charge < -0.3 is 15.4 Å². The molecule has 1 aliphatic carbocycles. The number of nitrogens with zero attached hydrogens (tertiary/aromatic N) is 2. The first kappa shape index (κ1) is 16.3. The lowest BCUT2D eigenvalue weighted by molar-refractivity contribution is -0.114. The number of rotatable bonds is 6. The summed E-state index contributed by atoms with van der Waals surface area (Å²) in [5.41, 5.74) is 2.59. The van der Waals surface area contributed by atoms with Crippen LogP contribution in [0.25, 0.3) is 11.1 Å². The highest BCUT2D eigenvalue weighted by molar-refractivity contribution is 7.87. The minimum Gasteiger partial charge on any atom is -0.311 e. The minimum absolute atomic E-state index is 0.180. The number of nitrogens with one attached hydrogen (secondary N) is 3. The Morgan fingerprint density at radius 3 is 2.79 bits per heavy atom. The molecule has 1 aliphatic rings. The summed E-state index contributed by atoms with van der Waals surface area (Å²) >= 11 is 0. The predicted molar refractivity (Wildman–Crippen MR) is 94.4 cm³/mol. The van der Waals surface area contributed by atoms with Crippen LogP contribution in [-0.2, 0) is 15.8 Å². The molecule has 0 saturated heterocycles. The number of carbonyl (C=O) groups excluding carboxylic acids is 1. The van der Waals surface area contributed by atoms with Crippen LogP contribution in [0.15, 0.2) is 30.6 Å². The molecule has 1 fully saturated rings. The smallest absolute Gasteiger partial charge is 0.222 e. The van der Waals surface area contributed by atoms with Gasteiger partial charge in [0.25, 0.3) is 0 Å². The molecule has 1 unspecified atom stereocenters. The number of pyridine rings is 2. The average Bonchev–Trinajstić information content (AvgIpc) is 3.39. The molecule has 7 nitrogen and oxygen atoms in total. The van der Waals surface area contributed by atoms with Crippen LogP contribution in [-0.4, -0.2) is 31.5 Å². The van der Waals surface area contributed by atoms with Gasteiger partial charge in [0, 0.05) is 31.1 Å². The third kappa shape index (κ3) is 3.83. The van der Waals surface area contributed by atoms with Gasteiger partial charge in [0.15, 0.2) is 0 Å². The molecule has 1 saturated carbocycles. The third-order valence-electron chi connectivity index (χ3n) is 3.49. The molecule has 0 aliphatic heterocycles. The molecule has 3 rings (SSSR count). The molecule has 3 N–H and O–H groups in total. The van der Waals surface area contributed by atoms with E-state index in [1.807, 2.05) is 0 Å². The van der Waals surface area contributed by atoms with E-state index in [2.05, 4.69) is 20.0 Å². The van der Waals surface area contributed by atoms with Crippen molar-refractivity contribution >= 4 is 34.6 Å². The highest BCUT2D eigenvalue weighted by Gasteiger charge is 2.29. The van der Waals surface area contributed by atoms with Crippen LogP contribution in [0.4, 0.5) is 11.5 Å². The zero-order valence-electron chi connectivity index (χ0n) is 13.1. The van der Waals surface area contributed by atoms with Crippen LogP contribution >= 0.6 is 0 Å². The summed E-state index contributed by atoms with van der Waals surface area (Å²) in [5.74, 6) is 0.256. The summed E-state index contributed by atoms with van der Waals surface area (Å²) in [6, 6.07) is 5.35. The molecule has 0 radical (unpaired) electrons. The van der Waals surface area contributed by atoms with Crippen LogP contribution in [0, 0.1) is 5.41 Å². The zero-order chi connectivity index (χ0) is 17.1. The van der Waals surface area contributed by atoms with Gasteiger partial charge in [-0.15, -0.1) is 0 Å². The predicted octanol–water partition coefficient (Wildman–Crippen LogP) is 2.34. The fourth-order valence-corrected chi connectivity index (χ4v) is 3.27. The lowest BCUT2D eigenvalue weighted by Crippen LogP contribution is -2.11. The zero-order valence-corrected chi connectivity index (χ0v) is 13.9. The molecule has 2 heterocycles. The van der Waals surface area contributed by atoms with Gasteiger partial charge in [-0.3, -0.25) is 9.78 Å². The fraction of sp³-hybridized carbons (Fsp3) is 0.250. The van der Waals surface area contributed by atoms with Crippen LogP contribution in [0.5, 0.6) is 0 Å². The van der Waals surface area contributed by atoms with Gasteiger partial charge in [0.1, 0.15) is 22.5 Å². The van der Waals surface area contributed by atoms with Gasteiger partial charge in [-0.25, -0.2) is 9.19 Å². The van der Waals surface area contributed by atoms with Crippen molar-refractivity contribution in [2.75, 3.05) is 10.0 Å². The Morgan fingerprint density at radius 1 is 1.33 bits per heavy atom. The fourth-order valence-electron chi connectivity index (χ4n) is 2.16. The largest absolute Gasteiger partial charge is 0.311 e. The van der Waals surface area contributed by atoms with Crippen molar-refractivity contribution in [3.63, 3.8) is 0 Å². The number of amides is 1. The molecule has 124 valence electrons. The average molecular weight is 343 g/mol. The Balaban J connectivity index is 1.91. The summed E-state index contributed by atoms with van der Waals surface area (Å²) < 4.78 is 15.1. The molecule has 0 bridgehead atoms. The van der Waals surface area contributed by atoms with E-state index in [-0.39, 0.29) is 11.2 Å². The molecule has 1 atom stereocenters. The van der Waals surface area contributed by atoms with Gasteiger partial charge in [-0.1, -0.05) is 0 Å². The van der Waals surface area contributed by atoms with Gasteiger partial charge in [0.05, 0.1) is 10.9 Å². The van der Waals surface area contributed by atoms with E-state index in [0.29, 0.717) is 17.2 Å². The van der Waals surface area contributed by atoms with Crippen molar-refractivity contribution < 1.29 is 9.00 Å². The summed E-state index contributed by atoms with van der Waals surface area (Å²) in [5, 5.41) is 10.3. The lowest BCUT2D eigenvalue weighted by atomic mass is 10.1. The first-order valence-electron chi connectivity index (χ1n) is 7.48. The molecule has 24 heavy (non-hydrogen) atoms. The van der Waals surface area contributed by atoms with Crippen LogP contribution in [0.3, 0.4) is 0 Å². The van der Waals surface area contributed by atoms with E-state index in [1.54, 1.807) is 30.6 Å². The maximum atomic E-state index is 12.1. The molecule has 8 heteroatoms. The highest BCUT2D eigenvalue weighted by atomic mass is 32.2. The quantitative estimate of drug-likeness (QED) is 0.700. The summed E-state index contributed by atoms with van der Waals surface area (Å²) in [4.78, 5) is 19.5. The summed E-state index contributed by atoms with van der Waals surface area (Å²) in [7, 11) is -1.16. The molecular formula is C16H17N5O2S. The summed E-state index contributed by atoms with van der Waals surface area (Å²) in [6.45, 7) is 1.42. The SMILES string of the molecule is CC(=O)Nc1cc(-c2cnc(C=N)c(NS(=O)C3CC3)c2)ccn1. The lowest BCUT2D eigenvalue weighted by Gasteiger charge is -2.11. The Morgan fingerprint density at radius 2 is 2.12 bits per heavy atom. The second-order valence-corrected chi connectivity index (χ2v) is 6.98. The van der Waals surface area contributed by atoms with Crippen molar-refractivity contribution in [1.29, 1.82) is 5.41 Å². The first-order valence-corrected chi connectivity index (χ1v) is 8.70. The number of anilines is 2. The first-order chi connectivity index (χ1) is 11.6. The topological polar surface area (TPSA) is 108 Å². The maximum Gasteiger partial charge on any atom is 0.222 e. The van der Waals surface area contributed by atoms with E-state index in [9.17, 15) is 9.00 Å². The van der Waals surface area contributed by atoms with Crippen molar-refractivity contribution in [3.8, 4) is 11.1 Å². The number of aromatic nitrogens is 2. The highest BCUT2D eigenvalue weighted by Crippen LogP contribution is 2.29. The van der Waals surface area contributed by atoms with Gasteiger partial charge in [-0.2, -0.15) is 0 Å². The Bertz CT molecular complexity index is 820. The Kier molecular flexibility index (Phi) is 4.66. The standard InChI is InChI=1S/C16H17N5O2S/c1-10(22)20-16-7-11(4-5-18-16)12-6-14(15(8-17)19-9-12)21-24(23)13-2-3-13/h4-9,13,17,21H,2-3H2,1H3,(H,18,20,22). The van der Waals surface area contributed by atoms with Crippen molar-refractivity contribution in [1.82, 2.24) is 9.97 Å². The van der Waals surface area contributed by atoms with E-state index < -0.39 is 11.0 Å². The van der Waals surface area contributed by atoms with E-state index in [4.69, 9.17) is 5.41 Å². The second kappa shape index (κ2) is 6.88. The van der Waals surface area contributed by atoms with Crippen LogP contribution in [0.1, 0.15) is 25.5 Å². The summed E-state index contributed by atoms with van der Waals surface area (Å²) in [6.07, 6.45) is 6.28. The Hall–Kier alpha value is -2.61. The maximum absolute atomic E-state index is 12.1. The van der Waals surface area contributed by atoms with Crippen molar-refractivity contribution in [3.05, 3.63) is 36.3 Å². The number of hydrogen-bond acceptors (Lipinski definition) is 5.